The highest BCUT2D eigenvalue weighted by atomic mass is 14.6. The predicted molar refractivity (Wildman–Crippen MR) is 61.4 cm³/mol. The molecule has 2 heteroatoms. The number of hydrogen-bond donors (Lipinski definition) is 1. The molecule has 1 saturated carbocycles. The lowest BCUT2D eigenvalue weighted by Gasteiger charge is -2.23. The Morgan fingerprint density at radius 3 is 2.60 bits per heavy atom. The van der Waals surface area contributed by atoms with Crippen LogP contribution in [0, 0.1) is 11.3 Å². The molecule has 1 aliphatic carbocycles. The van der Waals surface area contributed by atoms with Crippen molar-refractivity contribution in [2.45, 2.75) is 38.0 Å². The third kappa shape index (κ3) is 1.97. The molecular weight excluding hydrogens is 184 g/mol. The van der Waals surface area contributed by atoms with Crippen LogP contribution in [0.25, 0.3) is 0 Å². The van der Waals surface area contributed by atoms with Crippen LogP contribution in [0.5, 0.6) is 0 Å². The lowest BCUT2D eigenvalue weighted by Crippen LogP contribution is -2.07. The first-order valence-corrected chi connectivity index (χ1v) is 5.61. The quantitative estimate of drug-likeness (QED) is 0.708. The summed E-state index contributed by atoms with van der Waals surface area (Å²) in [5, 5.41) is 9.10. The van der Waals surface area contributed by atoms with Gasteiger partial charge in [-0.1, -0.05) is 31.4 Å². The van der Waals surface area contributed by atoms with Crippen LogP contribution in [0.1, 0.15) is 49.1 Å². The van der Waals surface area contributed by atoms with Crippen LogP contribution in [-0.4, -0.2) is 0 Å². The molecular formula is C13H16N2. The van der Waals surface area contributed by atoms with Gasteiger partial charge < -0.3 is 5.73 Å². The van der Waals surface area contributed by atoms with Crippen molar-refractivity contribution >= 4 is 5.69 Å². The smallest absolute Gasteiger partial charge is 0.102 e. The SMILES string of the molecule is N#Cc1c(N)cccc1C1CCCCC1. The van der Waals surface area contributed by atoms with Crippen molar-refractivity contribution in [2.24, 2.45) is 0 Å². The van der Waals surface area contributed by atoms with Crippen LogP contribution in [0.4, 0.5) is 5.69 Å². The highest BCUT2D eigenvalue weighted by molar-refractivity contribution is 5.58. The Hall–Kier alpha value is -1.49. The molecule has 78 valence electrons. The first-order chi connectivity index (χ1) is 7.33. The zero-order valence-corrected chi connectivity index (χ0v) is 8.87. The van der Waals surface area contributed by atoms with Crippen molar-refractivity contribution in [3.05, 3.63) is 29.3 Å². The van der Waals surface area contributed by atoms with Crippen LogP contribution in [0.15, 0.2) is 18.2 Å². The van der Waals surface area contributed by atoms with E-state index in [1.165, 1.54) is 32.1 Å². The van der Waals surface area contributed by atoms with Gasteiger partial charge in [0.1, 0.15) is 6.07 Å². The molecule has 2 N–H and O–H groups in total. The zero-order valence-electron chi connectivity index (χ0n) is 8.87. The molecule has 0 bridgehead atoms. The molecule has 2 nitrogen and oxygen atoms in total. The standard InChI is InChI=1S/C13H16N2/c14-9-12-11(7-4-8-13(12)15)10-5-2-1-3-6-10/h4,7-8,10H,1-3,5-6,15H2. The molecule has 2 rings (SSSR count). The monoisotopic (exact) mass is 200 g/mol. The Labute approximate surface area is 90.7 Å². The molecule has 0 atom stereocenters. The summed E-state index contributed by atoms with van der Waals surface area (Å²) in [6.45, 7) is 0. The summed E-state index contributed by atoms with van der Waals surface area (Å²) < 4.78 is 0. The highest BCUT2D eigenvalue weighted by Gasteiger charge is 2.19. The maximum absolute atomic E-state index is 9.10. The molecule has 1 aliphatic rings. The van der Waals surface area contributed by atoms with E-state index >= 15 is 0 Å². The van der Waals surface area contributed by atoms with Gasteiger partial charge in [-0.05, 0) is 30.4 Å². The third-order valence-corrected chi connectivity index (χ3v) is 3.29. The second kappa shape index (κ2) is 4.35. The van der Waals surface area contributed by atoms with E-state index in [-0.39, 0.29) is 0 Å². The molecule has 1 fully saturated rings. The summed E-state index contributed by atoms with van der Waals surface area (Å²) in [5.74, 6) is 0.553. The Morgan fingerprint density at radius 1 is 1.20 bits per heavy atom. The molecule has 0 aliphatic heterocycles. The minimum atomic E-state index is 0.553. The Morgan fingerprint density at radius 2 is 1.93 bits per heavy atom. The molecule has 1 aromatic rings. The summed E-state index contributed by atoms with van der Waals surface area (Å²) >= 11 is 0. The predicted octanol–water partition coefficient (Wildman–Crippen LogP) is 3.19. The molecule has 0 amide bonds. The van der Waals surface area contributed by atoms with E-state index in [1.54, 1.807) is 0 Å². The van der Waals surface area contributed by atoms with E-state index in [9.17, 15) is 0 Å². The number of rotatable bonds is 1. The molecule has 0 aromatic heterocycles. The van der Waals surface area contributed by atoms with E-state index in [2.05, 4.69) is 12.1 Å². The Balaban J connectivity index is 2.34. The molecule has 1 aromatic carbocycles. The topological polar surface area (TPSA) is 49.8 Å². The molecule has 0 unspecified atom stereocenters. The normalized spacial score (nSPS) is 17.3. The third-order valence-electron chi connectivity index (χ3n) is 3.29. The van der Waals surface area contributed by atoms with Crippen molar-refractivity contribution in [1.82, 2.24) is 0 Å². The number of nitrogen functional groups attached to an aromatic ring is 1. The van der Waals surface area contributed by atoms with Gasteiger partial charge in [0, 0.05) is 5.69 Å². The van der Waals surface area contributed by atoms with Gasteiger partial charge in [-0.25, -0.2) is 0 Å². The van der Waals surface area contributed by atoms with Crippen molar-refractivity contribution in [3.8, 4) is 6.07 Å². The van der Waals surface area contributed by atoms with Crippen LogP contribution >= 0.6 is 0 Å². The van der Waals surface area contributed by atoms with Gasteiger partial charge in [0.25, 0.3) is 0 Å². The first-order valence-electron chi connectivity index (χ1n) is 5.61. The summed E-state index contributed by atoms with van der Waals surface area (Å²) in [7, 11) is 0. The second-order valence-electron chi connectivity index (χ2n) is 4.26. The molecule has 15 heavy (non-hydrogen) atoms. The van der Waals surface area contributed by atoms with Crippen LogP contribution in [-0.2, 0) is 0 Å². The van der Waals surface area contributed by atoms with E-state index in [0.717, 1.165) is 5.56 Å². The van der Waals surface area contributed by atoms with E-state index in [4.69, 9.17) is 11.0 Å². The van der Waals surface area contributed by atoms with Crippen LogP contribution < -0.4 is 5.73 Å². The summed E-state index contributed by atoms with van der Waals surface area (Å²) in [4.78, 5) is 0. The molecule has 0 heterocycles. The molecule has 0 radical (unpaired) electrons. The number of hydrogen-bond acceptors (Lipinski definition) is 2. The number of benzene rings is 1. The van der Waals surface area contributed by atoms with Gasteiger partial charge in [0.2, 0.25) is 0 Å². The van der Waals surface area contributed by atoms with Crippen molar-refractivity contribution < 1.29 is 0 Å². The number of anilines is 1. The fraction of sp³-hybridized carbons (Fsp3) is 0.462. The van der Waals surface area contributed by atoms with Crippen LogP contribution in [0.3, 0.4) is 0 Å². The minimum absolute atomic E-state index is 0.553. The largest absolute Gasteiger partial charge is 0.398 e. The van der Waals surface area contributed by atoms with Crippen LogP contribution in [0.2, 0.25) is 0 Å². The molecule has 0 spiro atoms. The maximum atomic E-state index is 9.10. The van der Waals surface area contributed by atoms with E-state index < -0.39 is 0 Å². The van der Waals surface area contributed by atoms with Gasteiger partial charge in [-0.15, -0.1) is 0 Å². The van der Waals surface area contributed by atoms with Gasteiger partial charge in [-0.3, -0.25) is 0 Å². The summed E-state index contributed by atoms with van der Waals surface area (Å²) in [5.41, 5.74) is 8.30. The summed E-state index contributed by atoms with van der Waals surface area (Å²) in [6, 6.07) is 8.07. The van der Waals surface area contributed by atoms with Crippen molar-refractivity contribution in [3.63, 3.8) is 0 Å². The average Bonchev–Trinajstić information content (AvgIpc) is 2.30. The number of nitriles is 1. The Bertz CT molecular complexity index is 384. The van der Waals surface area contributed by atoms with Gasteiger partial charge in [-0.2, -0.15) is 5.26 Å². The summed E-state index contributed by atoms with van der Waals surface area (Å²) in [6.07, 6.45) is 6.31. The fourth-order valence-corrected chi connectivity index (χ4v) is 2.47. The highest BCUT2D eigenvalue weighted by Crippen LogP contribution is 2.35. The fourth-order valence-electron chi connectivity index (χ4n) is 2.47. The number of nitrogens with zero attached hydrogens (tertiary/aromatic N) is 1. The maximum Gasteiger partial charge on any atom is 0.102 e. The average molecular weight is 200 g/mol. The zero-order chi connectivity index (χ0) is 10.7. The van der Waals surface area contributed by atoms with Gasteiger partial charge >= 0.3 is 0 Å². The van der Waals surface area contributed by atoms with Crippen molar-refractivity contribution in [2.75, 3.05) is 5.73 Å². The second-order valence-corrected chi connectivity index (χ2v) is 4.26. The Kier molecular flexibility index (Phi) is 2.91. The minimum Gasteiger partial charge on any atom is -0.398 e. The molecule has 0 saturated heterocycles. The van der Waals surface area contributed by atoms with Crippen molar-refractivity contribution in [1.29, 1.82) is 5.26 Å². The lowest BCUT2D eigenvalue weighted by atomic mass is 9.82. The van der Waals surface area contributed by atoms with E-state index in [0.29, 0.717) is 17.2 Å². The van der Waals surface area contributed by atoms with Gasteiger partial charge in [0.05, 0.1) is 5.56 Å². The van der Waals surface area contributed by atoms with Gasteiger partial charge in [0.15, 0.2) is 0 Å². The van der Waals surface area contributed by atoms with E-state index in [1.807, 2.05) is 12.1 Å². The lowest BCUT2D eigenvalue weighted by molar-refractivity contribution is 0.443. The first kappa shape index (κ1) is 10.0. The number of nitrogens with two attached hydrogens (primary N) is 1.